The molecule has 1 aliphatic heterocycles. The first kappa shape index (κ1) is 28.1. The highest BCUT2D eigenvalue weighted by Gasteiger charge is 2.38. The smallest absolute Gasteiger partial charge is 0.407 e. The van der Waals surface area contributed by atoms with Crippen LogP contribution in [-0.2, 0) is 16.1 Å². The summed E-state index contributed by atoms with van der Waals surface area (Å²) < 4.78 is 20.6. The van der Waals surface area contributed by atoms with Gasteiger partial charge in [0.15, 0.2) is 5.69 Å². The van der Waals surface area contributed by atoms with Crippen LogP contribution in [0.25, 0.3) is 10.9 Å². The van der Waals surface area contributed by atoms with Crippen LogP contribution in [0.15, 0.2) is 48.5 Å². The van der Waals surface area contributed by atoms with Gasteiger partial charge in [-0.15, -0.1) is 0 Å². The molecule has 2 N–H and O–H groups in total. The van der Waals surface area contributed by atoms with E-state index in [1.165, 1.54) is 12.1 Å². The Morgan fingerprint density at radius 1 is 1.13 bits per heavy atom. The molecule has 1 unspecified atom stereocenters. The summed E-state index contributed by atoms with van der Waals surface area (Å²) in [6, 6.07) is 12.7. The monoisotopic (exact) mass is 537 g/mol. The first-order chi connectivity index (χ1) is 18.6. The van der Waals surface area contributed by atoms with Crippen molar-refractivity contribution in [2.75, 3.05) is 19.6 Å². The molecule has 39 heavy (non-hydrogen) atoms. The average Bonchev–Trinajstić information content (AvgIpc) is 3.26. The lowest BCUT2D eigenvalue weighted by Crippen LogP contribution is -2.57. The summed E-state index contributed by atoms with van der Waals surface area (Å²) >= 11 is 0. The minimum absolute atomic E-state index is 0.214. The lowest BCUT2D eigenvalue weighted by molar-refractivity contribution is -0.139. The van der Waals surface area contributed by atoms with Crippen molar-refractivity contribution in [2.45, 2.75) is 59.2 Å². The highest BCUT2D eigenvalue weighted by molar-refractivity contribution is 6.06. The Labute approximate surface area is 227 Å². The Morgan fingerprint density at radius 3 is 2.54 bits per heavy atom. The first-order valence-electron chi connectivity index (χ1n) is 13.3. The second-order valence-electron chi connectivity index (χ2n) is 10.9. The van der Waals surface area contributed by atoms with E-state index in [1.54, 1.807) is 21.7 Å². The van der Waals surface area contributed by atoms with E-state index < -0.39 is 29.6 Å². The van der Waals surface area contributed by atoms with Crippen LogP contribution in [0.5, 0.6) is 0 Å². The van der Waals surface area contributed by atoms with Gasteiger partial charge in [-0.2, -0.15) is 5.10 Å². The minimum atomic E-state index is -0.825. The molecule has 9 nitrogen and oxygen atoms in total. The van der Waals surface area contributed by atoms with Gasteiger partial charge in [0, 0.05) is 18.5 Å². The zero-order valence-corrected chi connectivity index (χ0v) is 22.9. The van der Waals surface area contributed by atoms with Gasteiger partial charge in [-0.25, -0.2) is 9.18 Å². The van der Waals surface area contributed by atoms with Gasteiger partial charge in [0.1, 0.15) is 18.0 Å². The van der Waals surface area contributed by atoms with Crippen molar-refractivity contribution in [1.29, 1.82) is 0 Å². The largest absolute Gasteiger partial charge is 0.444 e. The number of fused-ring (bicyclic) bond motifs is 1. The van der Waals surface area contributed by atoms with E-state index in [1.807, 2.05) is 52.0 Å². The van der Waals surface area contributed by atoms with Crippen LogP contribution < -0.4 is 10.6 Å². The number of para-hydroxylation sites is 1. The van der Waals surface area contributed by atoms with Crippen LogP contribution in [0.2, 0.25) is 0 Å². The van der Waals surface area contributed by atoms with Gasteiger partial charge in [0.05, 0.1) is 18.6 Å². The number of nitrogens with zero attached hydrogens (tertiary/aromatic N) is 3. The molecule has 2 atom stereocenters. The zero-order chi connectivity index (χ0) is 28.2. The Balaban J connectivity index is 1.54. The Kier molecular flexibility index (Phi) is 8.52. The van der Waals surface area contributed by atoms with Gasteiger partial charge >= 0.3 is 6.09 Å². The number of alkyl carbamates (subject to hydrolysis) is 1. The maximum Gasteiger partial charge on any atom is 0.407 e. The van der Waals surface area contributed by atoms with Gasteiger partial charge < -0.3 is 20.3 Å². The minimum Gasteiger partial charge on any atom is -0.444 e. The predicted octanol–water partition coefficient (Wildman–Crippen LogP) is 4.11. The lowest BCUT2D eigenvalue weighted by Gasteiger charge is -2.38. The maximum atomic E-state index is 13.7. The summed E-state index contributed by atoms with van der Waals surface area (Å²) in [5, 5.41) is 10.8. The third kappa shape index (κ3) is 6.74. The fraction of sp³-hybridized carbons (Fsp3) is 0.448. The van der Waals surface area contributed by atoms with Crippen LogP contribution in [0.1, 0.15) is 56.6 Å². The number of hydrogen-bond acceptors (Lipinski definition) is 5. The molecule has 208 valence electrons. The number of carbonyl (C=O) groups excluding carboxylic acids is 3. The number of hydrogen-bond donors (Lipinski definition) is 2. The number of halogens is 1. The molecule has 0 bridgehead atoms. The molecule has 3 aromatic rings. The summed E-state index contributed by atoms with van der Waals surface area (Å²) in [6.45, 7) is 9.11. The van der Waals surface area contributed by atoms with Gasteiger partial charge in [-0.1, -0.05) is 51.1 Å². The molecule has 4 rings (SSSR count). The summed E-state index contributed by atoms with van der Waals surface area (Å²) in [7, 11) is 0. The molecule has 1 saturated heterocycles. The number of rotatable bonds is 7. The molecule has 1 fully saturated rings. The van der Waals surface area contributed by atoms with Crippen LogP contribution >= 0.6 is 0 Å². The summed E-state index contributed by atoms with van der Waals surface area (Å²) in [4.78, 5) is 40.9. The summed E-state index contributed by atoms with van der Waals surface area (Å²) in [5.41, 5.74) is 1.22. The second-order valence-corrected chi connectivity index (χ2v) is 10.9. The quantitative estimate of drug-likeness (QED) is 0.472. The standard InChI is InChI=1S/C29H36FN5O4/c1-5-31-28(38)39-21-9-8-16-34(18-21)27(37)25(29(2,3)4)32-26(36)24-22-10-6-7-11-23(22)35(33-24)17-19-12-14-20(30)15-13-19/h6-7,10-15,21,25H,5,8-9,16-18H2,1-4H3,(H,31,38)(H,32,36)/t21?,25-/m1/s1. The van der Waals surface area contributed by atoms with Gasteiger partial charge in [0.25, 0.3) is 5.91 Å². The molecule has 10 heteroatoms. The number of ether oxygens (including phenoxy) is 1. The SMILES string of the molecule is CCNC(=O)OC1CCCN(C(=O)[C@@H](NC(=O)c2nn(Cc3ccc(F)cc3)c3ccccc23)C(C)(C)C)C1. The normalized spacial score (nSPS) is 16.5. The highest BCUT2D eigenvalue weighted by atomic mass is 19.1. The van der Waals surface area contributed by atoms with E-state index in [0.717, 1.165) is 11.1 Å². The number of benzene rings is 2. The third-order valence-electron chi connectivity index (χ3n) is 6.79. The van der Waals surface area contributed by atoms with Crippen LogP contribution in [0.3, 0.4) is 0 Å². The van der Waals surface area contributed by atoms with Crippen molar-refractivity contribution >= 4 is 28.8 Å². The number of amides is 3. The lowest BCUT2D eigenvalue weighted by atomic mass is 9.85. The number of piperidine rings is 1. The zero-order valence-electron chi connectivity index (χ0n) is 22.9. The Bertz CT molecular complexity index is 1330. The molecule has 2 heterocycles. The van der Waals surface area contributed by atoms with E-state index in [2.05, 4.69) is 15.7 Å². The first-order valence-corrected chi connectivity index (χ1v) is 13.3. The van der Waals surface area contributed by atoms with Gasteiger partial charge in [-0.05, 0) is 48.9 Å². The van der Waals surface area contributed by atoms with Gasteiger partial charge in [-0.3, -0.25) is 14.3 Å². The fourth-order valence-corrected chi connectivity index (χ4v) is 4.78. The van der Waals surface area contributed by atoms with Crippen molar-refractivity contribution in [3.63, 3.8) is 0 Å². The van der Waals surface area contributed by atoms with E-state index in [-0.39, 0.29) is 24.0 Å². The molecule has 1 aromatic heterocycles. The number of aromatic nitrogens is 2. The van der Waals surface area contributed by atoms with Crippen LogP contribution in [0, 0.1) is 11.2 Å². The number of nitrogens with one attached hydrogen (secondary N) is 2. The van der Waals surface area contributed by atoms with Crippen molar-refractivity contribution in [3.05, 3.63) is 65.6 Å². The van der Waals surface area contributed by atoms with Gasteiger partial charge in [0.2, 0.25) is 5.91 Å². The van der Waals surface area contributed by atoms with E-state index in [9.17, 15) is 18.8 Å². The maximum absolute atomic E-state index is 13.7. The Morgan fingerprint density at radius 2 is 1.85 bits per heavy atom. The highest BCUT2D eigenvalue weighted by Crippen LogP contribution is 2.25. The summed E-state index contributed by atoms with van der Waals surface area (Å²) in [6.07, 6.45) is 0.460. The Hall–Kier alpha value is -3.95. The second kappa shape index (κ2) is 11.8. The van der Waals surface area contributed by atoms with E-state index >= 15 is 0 Å². The van der Waals surface area contributed by atoms with Crippen molar-refractivity contribution in [1.82, 2.24) is 25.3 Å². The third-order valence-corrected chi connectivity index (χ3v) is 6.79. The molecular weight excluding hydrogens is 501 g/mol. The molecular formula is C29H36FN5O4. The number of likely N-dealkylation sites (tertiary alicyclic amines) is 1. The number of carbonyl (C=O) groups is 3. The molecule has 0 saturated carbocycles. The topological polar surface area (TPSA) is 106 Å². The van der Waals surface area contributed by atoms with Crippen molar-refractivity contribution in [2.24, 2.45) is 5.41 Å². The molecule has 0 aliphatic carbocycles. The predicted molar refractivity (Wildman–Crippen MR) is 146 cm³/mol. The van der Waals surface area contributed by atoms with E-state index in [0.29, 0.717) is 37.9 Å². The molecule has 3 amide bonds. The molecule has 0 radical (unpaired) electrons. The summed E-state index contributed by atoms with van der Waals surface area (Å²) in [5.74, 6) is -1.00. The van der Waals surface area contributed by atoms with Crippen LogP contribution in [-0.4, -0.2) is 64.4 Å². The molecule has 0 spiro atoms. The molecule has 1 aliphatic rings. The average molecular weight is 538 g/mol. The van der Waals surface area contributed by atoms with Crippen molar-refractivity contribution < 1.29 is 23.5 Å². The molecule has 2 aromatic carbocycles. The van der Waals surface area contributed by atoms with Crippen molar-refractivity contribution in [3.8, 4) is 0 Å². The fourth-order valence-electron chi connectivity index (χ4n) is 4.78. The van der Waals surface area contributed by atoms with Crippen LogP contribution in [0.4, 0.5) is 9.18 Å². The van der Waals surface area contributed by atoms with E-state index in [4.69, 9.17) is 4.74 Å².